The van der Waals surface area contributed by atoms with E-state index in [1.54, 1.807) is 18.5 Å². The predicted molar refractivity (Wildman–Crippen MR) is 94.1 cm³/mol. The van der Waals surface area contributed by atoms with Gasteiger partial charge in [0.15, 0.2) is 0 Å². The van der Waals surface area contributed by atoms with E-state index in [2.05, 4.69) is 15.2 Å². The molecule has 1 aromatic carbocycles. The van der Waals surface area contributed by atoms with E-state index in [0.717, 1.165) is 35.0 Å². The minimum absolute atomic E-state index is 0.511. The number of nitrogens with one attached hydrogen (secondary N) is 1. The summed E-state index contributed by atoms with van der Waals surface area (Å²) in [5.41, 5.74) is 3.60. The molecule has 0 fully saturated rings. The molecule has 0 aliphatic heterocycles. The number of carboxylic acid groups (broad SMARTS) is 1. The molecule has 0 saturated heterocycles. The Kier molecular flexibility index (Phi) is 5.21. The van der Waals surface area contributed by atoms with Crippen molar-refractivity contribution in [2.45, 2.75) is 6.42 Å². The van der Waals surface area contributed by atoms with Crippen LogP contribution in [0.25, 0.3) is 17.5 Å². The Hall–Kier alpha value is -3.41. The lowest BCUT2D eigenvalue weighted by Crippen LogP contribution is -2.02. The number of aromatic nitrogens is 3. The highest BCUT2D eigenvalue weighted by Gasteiger charge is 2.02. The summed E-state index contributed by atoms with van der Waals surface area (Å²) in [4.78, 5) is 14.9. The maximum absolute atomic E-state index is 10.6. The van der Waals surface area contributed by atoms with Crippen molar-refractivity contribution in [1.29, 1.82) is 0 Å². The molecule has 3 aromatic rings. The number of nitrogens with zero attached hydrogens (tertiary/aromatic N) is 2. The molecule has 0 unspecified atom stereocenters. The lowest BCUT2D eigenvalue weighted by molar-refractivity contribution is -0.131. The van der Waals surface area contributed by atoms with Crippen molar-refractivity contribution >= 4 is 12.0 Å². The van der Waals surface area contributed by atoms with Crippen molar-refractivity contribution in [3.8, 4) is 17.1 Å². The van der Waals surface area contributed by atoms with E-state index >= 15 is 0 Å². The number of carbonyl (C=O) groups is 1. The van der Waals surface area contributed by atoms with Gasteiger partial charge in [-0.25, -0.2) is 4.79 Å². The van der Waals surface area contributed by atoms with E-state index in [0.29, 0.717) is 12.4 Å². The minimum Gasteiger partial charge on any atom is -0.492 e. The van der Waals surface area contributed by atoms with Crippen LogP contribution in [0.3, 0.4) is 0 Å². The number of hydrogen-bond donors (Lipinski definition) is 2. The molecule has 126 valence electrons. The number of ether oxygens (including phenoxy) is 1. The van der Waals surface area contributed by atoms with E-state index < -0.39 is 5.97 Å². The van der Waals surface area contributed by atoms with Gasteiger partial charge in [0.05, 0.1) is 24.2 Å². The average molecular weight is 335 g/mol. The summed E-state index contributed by atoms with van der Waals surface area (Å²) in [6, 6.07) is 13.3. The molecular weight excluding hydrogens is 318 g/mol. The molecule has 0 bridgehead atoms. The molecule has 0 atom stereocenters. The minimum atomic E-state index is -0.959. The van der Waals surface area contributed by atoms with Gasteiger partial charge >= 0.3 is 5.97 Å². The Morgan fingerprint density at radius 1 is 1.24 bits per heavy atom. The Labute approximate surface area is 144 Å². The van der Waals surface area contributed by atoms with Gasteiger partial charge in [-0.1, -0.05) is 24.3 Å². The van der Waals surface area contributed by atoms with Gasteiger partial charge in [-0.2, -0.15) is 5.10 Å². The molecule has 3 rings (SSSR count). The van der Waals surface area contributed by atoms with Crippen molar-refractivity contribution in [2.75, 3.05) is 6.61 Å². The summed E-state index contributed by atoms with van der Waals surface area (Å²) in [5, 5.41) is 15.4. The highest BCUT2D eigenvalue weighted by molar-refractivity contribution is 5.85. The molecule has 25 heavy (non-hydrogen) atoms. The average Bonchev–Trinajstić information content (AvgIpc) is 3.16. The fraction of sp³-hybridized carbons (Fsp3) is 0.105. The first-order valence-corrected chi connectivity index (χ1v) is 7.79. The maximum atomic E-state index is 10.6. The Balaban J connectivity index is 1.54. The van der Waals surface area contributed by atoms with Crippen LogP contribution < -0.4 is 4.74 Å². The monoisotopic (exact) mass is 335 g/mol. The van der Waals surface area contributed by atoms with Gasteiger partial charge in [0.25, 0.3) is 0 Å². The van der Waals surface area contributed by atoms with Crippen LogP contribution in [-0.4, -0.2) is 32.9 Å². The van der Waals surface area contributed by atoms with E-state index in [4.69, 9.17) is 9.84 Å². The Morgan fingerprint density at radius 3 is 2.88 bits per heavy atom. The van der Waals surface area contributed by atoms with Crippen LogP contribution in [0.15, 0.2) is 60.9 Å². The van der Waals surface area contributed by atoms with Gasteiger partial charge in [0, 0.05) is 18.7 Å². The molecule has 2 aromatic heterocycles. The molecule has 0 spiro atoms. The van der Waals surface area contributed by atoms with Crippen molar-refractivity contribution < 1.29 is 14.6 Å². The molecule has 6 heteroatoms. The number of H-pyrrole nitrogens is 1. The van der Waals surface area contributed by atoms with Gasteiger partial charge in [-0.3, -0.25) is 10.1 Å². The SMILES string of the molecule is O=C(O)/C=C/c1cccc(CCOc2ccc(-c3ccn[nH]3)nc2)c1. The quantitative estimate of drug-likeness (QED) is 0.647. The molecular formula is C19H17N3O3. The Bertz CT molecular complexity index is 856. The van der Waals surface area contributed by atoms with Crippen LogP contribution >= 0.6 is 0 Å². The summed E-state index contributed by atoms with van der Waals surface area (Å²) >= 11 is 0. The zero-order chi connectivity index (χ0) is 17.5. The zero-order valence-electron chi connectivity index (χ0n) is 13.4. The molecule has 0 amide bonds. The van der Waals surface area contributed by atoms with Crippen molar-refractivity contribution in [3.05, 3.63) is 72.1 Å². The third-order valence-electron chi connectivity index (χ3n) is 3.54. The largest absolute Gasteiger partial charge is 0.492 e. The van der Waals surface area contributed by atoms with Crippen molar-refractivity contribution in [3.63, 3.8) is 0 Å². The molecule has 0 aliphatic carbocycles. The highest BCUT2D eigenvalue weighted by atomic mass is 16.5. The van der Waals surface area contributed by atoms with Crippen LogP contribution in [0, 0.1) is 0 Å². The second-order valence-corrected chi connectivity index (χ2v) is 5.36. The first kappa shape index (κ1) is 16.4. The standard InChI is InChI=1S/C19H17N3O3/c23-19(24)7-4-14-2-1-3-15(12-14)9-11-25-16-5-6-17(20-13-16)18-8-10-21-22-18/h1-8,10,12-13H,9,11H2,(H,21,22)(H,23,24)/b7-4+. The number of carboxylic acids is 1. The van der Waals surface area contributed by atoms with Gasteiger partial charge < -0.3 is 9.84 Å². The molecule has 6 nitrogen and oxygen atoms in total. The van der Waals surface area contributed by atoms with Crippen LogP contribution in [0.2, 0.25) is 0 Å². The Morgan fingerprint density at radius 2 is 2.16 bits per heavy atom. The number of benzene rings is 1. The summed E-state index contributed by atoms with van der Waals surface area (Å²) in [6.07, 6.45) is 6.79. The van der Waals surface area contributed by atoms with Crippen molar-refractivity contribution in [1.82, 2.24) is 15.2 Å². The van der Waals surface area contributed by atoms with Crippen LogP contribution in [0.4, 0.5) is 0 Å². The summed E-state index contributed by atoms with van der Waals surface area (Å²) in [6.45, 7) is 0.511. The van der Waals surface area contributed by atoms with Gasteiger partial charge in [-0.15, -0.1) is 0 Å². The fourth-order valence-corrected chi connectivity index (χ4v) is 2.33. The highest BCUT2D eigenvalue weighted by Crippen LogP contribution is 2.17. The number of pyridine rings is 1. The molecule has 0 saturated carbocycles. The summed E-state index contributed by atoms with van der Waals surface area (Å²) < 4.78 is 5.72. The lowest BCUT2D eigenvalue weighted by Gasteiger charge is -2.07. The maximum Gasteiger partial charge on any atom is 0.328 e. The molecule has 0 radical (unpaired) electrons. The number of hydrogen-bond acceptors (Lipinski definition) is 4. The van der Waals surface area contributed by atoms with E-state index in [-0.39, 0.29) is 0 Å². The number of rotatable bonds is 7. The zero-order valence-corrected chi connectivity index (χ0v) is 13.4. The number of aliphatic carboxylic acids is 1. The number of aromatic amines is 1. The van der Waals surface area contributed by atoms with Crippen LogP contribution in [-0.2, 0) is 11.2 Å². The second-order valence-electron chi connectivity index (χ2n) is 5.36. The van der Waals surface area contributed by atoms with Gasteiger partial charge in [0.2, 0.25) is 0 Å². The third kappa shape index (κ3) is 4.78. The van der Waals surface area contributed by atoms with Crippen LogP contribution in [0.1, 0.15) is 11.1 Å². The second kappa shape index (κ2) is 7.92. The van der Waals surface area contributed by atoms with Crippen molar-refractivity contribution in [2.24, 2.45) is 0 Å². The lowest BCUT2D eigenvalue weighted by atomic mass is 10.1. The predicted octanol–water partition coefficient (Wildman–Crippen LogP) is 3.19. The van der Waals surface area contributed by atoms with E-state index in [1.807, 2.05) is 42.5 Å². The smallest absolute Gasteiger partial charge is 0.328 e. The van der Waals surface area contributed by atoms with Gasteiger partial charge in [-0.05, 0) is 35.4 Å². The van der Waals surface area contributed by atoms with E-state index in [9.17, 15) is 4.79 Å². The third-order valence-corrected chi connectivity index (χ3v) is 3.54. The molecule has 2 N–H and O–H groups in total. The topological polar surface area (TPSA) is 88.1 Å². The molecule has 2 heterocycles. The first-order chi connectivity index (χ1) is 12.2. The summed E-state index contributed by atoms with van der Waals surface area (Å²) in [5.74, 6) is -0.259. The first-order valence-electron chi connectivity index (χ1n) is 7.79. The summed E-state index contributed by atoms with van der Waals surface area (Å²) in [7, 11) is 0. The van der Waals surface area contributed by atoms with Gasteiger partial charge in [0.1, 0.15) is 5.75 Å². The fourth-order valence-electron chi connectivity index (χ4n) is 2.33. The van der Waals surface area contributed by atoms with Crippen LogP contribution in [0.5, 0.6) is 5.75 Å². The molecule has 0 aliphatic rings. The van der Waals surface area contributed by atoms with E-state index in [1.165, 1.54) is 0 Å². The normalized spacial score (nSPS) is 10.9.